The van der Waals surface area contributed by atoms with Crippen molar-refractivity contribution in [3.8, 4) is 5.69 Å². The van der Waals surface area contributed by atoms with Gasteiger partial charge in [-0.3, -0.25) is 9.59 Å². The van der Waals surface area contributed by atoms with E-state index in [-0.39, 0.29) is 5.56 Å². The van der Waals surface area contributed by atoms with E-state index in [9.17, 15) is 14.0 Å². The Morgan fingerprint density at radius 2 is 1.63 bits per heavy atom. The number of para-hydroxylation sites is 1. The number of aryl methyl sites for hydroxylation is 3. The van der Waals surface area contributed by atoms with Gasteiger partial charge in [0.2, 0.25) is 0 Å². The molecular formula is C22H21FN2O2. The van der Waals surface area contributed by atoms with Gasteiger partial charge in [0.25, 0.3) is 11.7 Å². The number of hydrogen-bond acceptors (Lipinski definition) is 2. The minimum atomic E-state index is -0.716. The molecule has 0 bridgehead atoms. The summed E-state index contributed by atoms with van der Waals surface area (Å²) in [6.07, 6.45) is 0. The Balaban J connectivity index is 1.91. The molecule has 0 aliphatic heterocycles. The molecule has 0 fully saturated rings. The number of Topliss-reactive ketones (excluding diaryl/α,β-unsaturated/α-hetero) is 1. The lowest BCUT2D eigenvalue weighted by Gasteiger charge is -2.11. The molecule has 3 rings (SSSR count). The molecule has 0 saturated carbocycles. The van der Waals surface area contributed by atoms with Crippen LogP contribution < -0.4 is 5.32 Å². The first kappa shape index (κ1) is 18.6. The molecule has 1 amide bonds. The SMILES string of the molecule is Cc1ccc(NC(=O)C(=O)c2cc(C)n(-c3ccccc3F)c2C)cc1C. The Hall–Kier alpha value is -3.21. The minimum Gasteiger partial charge on any atom is -0.319 e. The second-order valence-electron chi connectivity index (χ2n) is 6.65. The topological polar surface area (TPSA) is 51.1 Å². The number of nitrogens with one attached hydrogen (secondary N) is 1. The van der Waals surface area contributed by atoms with Gasteiger partial charge in [-0.05, 0) is 69.2 Å². The number of hydrogen-bond donors (Lipinski definition) is 1. The van der Waals surface area contributed by atoms with Crippen molar-refractivity contribution < 1.29 is 14.0 Å². The summed E-state index contributed by atoms with van der Waals surface area (Å²) in [4.78, 5) is 25.1. The van der Waals surface area contributed by atoms with Crippen molar-refractivity contribution in [3.63, 3.8) is 0 Å². The molecule has 0 aliphatic rings. The third-order valence-electron chi connectivity index (χ3n) is 4.74. The lowest BCUT2D eigenvalue weighted by atomic mass is 10.1. The third-order valence-corrected chi connectivity index (χ3v) is 4.74. The van der Waals surface area contributed by atoms with Crippen LogP contribution in [0.15, 0.2) is 48.5 Å². The van der Waals surface area contributed by atoms with Gasteiger partial charge < -0.3 is 9.88 Å². The van der Waals surface area contributed by atoms with Crippen LogP contribution >= 0.6 is 0 Å². The fourth-order valence-electron chi connectivity index (χ4n) is 3.13. The summed E-state index contributed by atoms with van der Waals surface area (Å²) in [5.74, 6) is -1.76. The molecule has 3 aromatic rings. The van der Waals surface area contributed by atoms with Gasteiger partial charge in [-0.2, -0.15) is 0 Å². The highest BCUT2D eigenvalue weighted by molar-refractivity contribution is 6.46. The number of ketones is 1. The average Bonchev–Trinajstić information content (AvgIpc) is 2.92. The summed E-state index contributed by atoms with van der Waals surface area (Å²) in [7, 11) is 0. The lowest BCUT2D eigenvalue weighted by Crippen LogP contribution is -2.23. The number of carbonyl (C=O) groups excluding carboxylic acids is 2. The number of nitrogens with zero attached hydrogens (tertiary/aromatic N) is 1. The monoisotopic (exact) mass is 364 g/mol. The Bertz CT molecular complexity index is 1050. The normalized spacial score (nSPS) is 10.7. The summed E-state index contributed by atoms with van der Waals surface area (Å²) in [6.45, 7) is 7.39. The van der Waals surface area contributed by atoms with E-state index in [2.05, 4.69) is 5.32 Å². The molecule has 0 radical (unpaired) electrons. The molecule has 138 valence electrons. The van der Waals surface area contributed by atoms with Crippen LogP contribution in [0.25, 0.3) is 5.69 Å². The Morgan fingerprint density at radius 1 is 0.926 bits per heavy atom. The maximum atomic E-state index is 14.2. The number of rotatable bonds is 4. The highest BCUT2D eigenvalue weighted by Crippen LogP contribution is 2.23. The fraction of sp³-hybridized carbons (Fsp3) is 0.182. The summed E-state index contributed by atoms with van der Waals surface area (Å²) in [5.41, 5.74) is 4.51. The van der Waals surface area contributed by atoms with Gasteiger partial charge in [0, 0.05) is 22.6 Å². The highest BCUT2D eigenvalue weighted by Gasteiger charge is 2.23. The molecule has 1 aromatic heterocycles. The van der Waals surface area contributed by atoms with Crippen molar-refractivity contribution in [2.45, 2.75) is 27.7 Å². The molecule has 4 nitrogen and oxygen atoms in total. The van der Waals surface area contributed by atoms with Crippen LogP contribution in [0.2, 0.25) is 0 Å². The second-order valence-corrected chi connectivity index (χ2v) is 6.65. The van der Waals surface area contributed by atoms with Gasteiger partial charge in [-0.1, -0.05) is 18.2 Å². The number of anilines is 1. The smallest absolute Gasteiger partial charge is 0.296 e. The molecule has 1 heterocycles. The standard InChI is InChI=1S/C22H21FN2O2/c1-13-9-10-17(11-14(13)2)24-22(27)21(26)18-12-15(3)25(16(18)4)20-8-6-5-7-19(20)23/h5-12H,1-4H3,(H,24,27). The van der Waals surface area contributed by atoms with E-state index in [1.54, 1.807) is 48.7 Å². The third kappa shape index (κ3) is 3.53. The van der Waals surface area contributed by atoms with Gasteiger partial charge in [0.05, 0.1) is 5.69 Å². The number of halogens is 1. The first-order valence-electron chi connectivity index (χ1n) is 8.66. The average molecular weight is 364 g/mol. The van der Waals surface area contributed by atoms with Crippen LogP contribution in [0.4, 0.5) is 10.1 Å². The van der Waals surface area contributed by atoms with Crippen molar-refractivity contribution in [2.24, 2.45) is 0 Å². The maximum absolute atomic E-state index is 14.2. The molecular weight excluding hydrogens is 343 g/mol. The van der Waals surface area contributed by atoms with E-state index in [0.717, 1.165) is 11.1 Å². The molecule has 2 aromatic carbocycles. The van der Waals surface area contributed by atoms with E-state index < -0.39 is 17.5 Å². The number of aromatic nitrogens is 1. The Kier molecular flexibility index (Phi) is 4.95. The highest BCUT2D eigenvalue weighted by atomic mass is 19.1. The Labute approximate surface area is 157 Å². The molecule has 0 saturated heterocycles. The lowest BCUT2D eigenvalue weighted by molar-refractivity contribution is -0.112. The van der Waals surface area contributed by atoms with Crippen LogP contribution in [0, 0.1) is 33.5 Å². The van der Waals surface area contributed by atoms with Crippen LogP contribution in [0.1, 0.15) is 32.9 Å². The van der Waals surface area contributed by atoms with Crippen molar-refractivity contribution >= 4 is 17.4 Å². The second kappa shape index (κ2) is 7.19. The summed E-state index contributed by atoms with van der Waals surface area (Å²) in [6, 6.07) is 13.4. The molecule has 0 atom stereocenters. The van der Waals surface area contributed by atoms with Gasteiger partial charge >= 0.3 is 0 Å². The van der Waals surface area contributed by atoms with Gasteiger partial charge in [-0.15, -0.1) is 0 Å². The zero-order chi connectivity index (χ0) is 19.7. The zero-order valence-electron chi connectivity index (χ0n) is 15.8. The van der Waals surface area contributed by atoms with Crippen LogP contribution in [0.5, 0.6) is 0 Å². The van der Waals surface area contributed by atoms with Crippen molar-refractivity contribution in [1.82, 2.24) is 4.57 Å². The van der Waals surface area contributed by atoms with E-state index in [1.807, 2.05) is 26.0 Å². The van der Waals surface area contributed by atoms with E-state index in [1.165, 1.54) is 6.07 Å². The molecule has 0 unspecified atom stereocenters. The minimum absolute atomic E-state index is 0.261. The first-order valence-corrected chi connectivity index (χ1v) is 8.66. The van der Waals surface area contributed by atoms with Gasteiger partial charge in [-0.25, -0.2) is 4.39 Å². The first-order chi connectivity index (χ1) is 12.8. The van der Waals surface area contributed by atoms with E-state index >= 15 is 0 Å². The Morgan fingerprint density at radius 3 is 2.30 bits per heavy atom. The van der Waals surface area contributed by atoms with Crippen molar-refractivity contribution in [2.75, 3.05) is 5.32 Å². The summed E-state index contributed by atoms with van der Waals surface area (Å²) in [5, 5.41) is 2.64. The van der Waals surface area contributed by atoms with Crippen molar-refractivity contribution in [3.05, 3.63) is 82.4 Å². The maximum Gasteiger partial charge on any atom is 0.296 e. The van der Waals surface area contributed by atoms with E-state index in [0.29, 0.717) is 22.8 Å². The number of carbonyl (C=O) groups is 2. The predicted octanol–water partition coefficient (Wildman–Crippen LogP) is 4.67. The molecule has 1 N–H and O–H groups in total. The van der Waals surface area contributed by atoms with Gasteiger partial charge in [0.1, 0.15) is 5.82 Å². The number of amides is 1. The van der Waals surface area contributed by atoms with Crippen LogP contribution in [0.3, 0.4) is 0 Å². The predicted molar refractivity (Wildman–Crippen MR) is 104 cm³/mol. The molecule has 0 aliphatic carbocycles. The quantitative estimate of drug-likeness (QED) is 0.540. The number of benzene rings is 2. The van der Waals surface area contributed by atoms with Gasteiger partial charge in [0.15, 0.2) is 0 Å². The summed E-state index contributed by atoms with van der Waals surface area (Å²) < 4.78 is 15.8. The molecule has 5 heteroatoms. The fourth-order valence-corrected chi connectivity index (χ4v) is 3.13. The molecule has 0 spiro atoms. The molecule has 27 heavy (non-hydrogen) atoms. The van der Waals surface area contributed by atoms with Crippen LogP contribution in [-0.2, 0) is 4.79 Å². The summed E-state index contributed by atoms with van der Waals surface area (Å²) >= 11 is 0. The van der Waals surface area contributed by atoms with Crippen molar-refractivity contribution in [1.29, 1.82) is 0 Å². The largest absolute Gasteiger partial charge is 0.319 e. The van der Waals surface area contributed by atoms with Crippen LogP contribution in [-0.4, -0.2) is 16.3 Å². The zero-order valence-corrected chi connectivity index (χ0v) is 15.8. The van der Waals surface area contributed by atoms with E-state index in [4.69, 9.17) is 0 Å².